The summed E-state index contributed by atoms with van der Waals surface area (Å²) >= 11 is 5.71. The van der Waals surface area contributed by atoms with E-state index in [4.69, 9.17) is 21.1 Å². The highest BCUT2D eigenvalue weighted by Gasteiger charge is 2.09. The van der Waals surface area contributed by atoms with E-state index in [1.807, 2.05) is 0 Å². The van der Waals surface area contributed by atoms with Gasteiger partial charge in [-0.25, -0.2) is 0 Å². The Bertz CT molecular complexity index is 681. The van der Waals surface area contributed by atoms with Crippen molar-refractivity contribution < 1.29 is 9.47 Å². The van der Waals surface area contributed by atoms with Crippen LogP contribution in [0, 0.1) is 5.92 Å². The average molecular weight is 391 g/mol. The van der Waals surface area contributed by atoms with Gasteiger partial charge in [0.25, 0.3) is 0 Å². The number of aryl methyl sites for hydroxylation is 1. The molecule has 150 valence electrons. The maximum atomic E-state index is 6.12. The summed E-state index contributed by atoms with van der Waals surface area (Å²) in [5, 5.41) is 2.49. The first-order chi connectivity index (χ1) is 13.2. The number of hydrogen-bond acceptors (Lipinski definition) is 2. The van der Waals surface area contributed by atoms with Crippen molar-refractivity contribution in [1.82, 2.24) is 0 Å². The predicted octanol–water partition coefficient (Wildman–Crippen LogP) is 7.40. The van der Waals surface area contributed by atoms with Gasteiger partial charge in [-0.1, -0.05) is 58.6 Å². The fourth-order valence-corrected chi connectivity index (χ4v) is 3.48. The van der Waals surface area contributed by atoms with E-state index in [0.29, 0.717) is 5.92 Å². The third kappa shape index (κ3) is 7.25. The molecule has 0 saturated carbocycles. The molecule has 0 heterocycles. The van der Waals surface area contributed by atoms with Gasteiger partial charge in [-0.15, -0.1) is 11.6 Å². The molecule has 0 amide bonds. The van der Waals surface area contributed by atoms with Crippen LogP contribution in [0.3, 0.4) is 0 Å². The molecule has 0 aromatic heterocycles. The summed E-state index contributed by atoms with van der Waals surface area (Å²) in [7, 11) is 0. The summed E-state index contributed by atoms with van der Waals surface area (Å²) in [5.41, 5.74) is 1.30. The van der Waals surface area contributed by atoms with E-state index in [1.54, 1.807) is 0 Å². The average Bonchev–Trinajstić information content (AvgIpc) is 2.67. The molecule has 0 atom stereocenters. The maximum absolute atomic E-state index is 6.12. The molecule has 0 fully saturated rings. The molecule has 0 N–H and O–H groups in total. The number of hydrogen-bond donors (Lipinski definition) is 0. The van der Waals surface area contributed by atoms with Crippen LogP contribution in [0.25, 0.3) is 10.8 Å². The Labute approximate surface area is 170 Å². The number of fused-ring (bicyclic) bond motifs is 1. The summed E-state index contributed by atoms with van der Waals surface area (Å²) in [6.07, 6.45) is 8.26. The second-order valence-electron chi connectivity index (χ2n) is 7.64. The molecule has 0 radical (unpaired) electrons. The van der Waals surface area contributed by atoms with Crippen molar-refractivity contribution in [3.8, 4) is 11.5 Å². The van der Waals surface area contributed by atoms with Crippen molar-refractivity contribution in [3.63, 3.8) is 0 Å². The smallest absolute Gasteiger partial charge is 0.123 e. The number of benzene rings is 2. The van der Waals surface area contributed by atoms with Gasteiger partial charge in [-0.2, -0.15) is 0 Å². The predicted molar refractivity (Wildman–Crippen MR) is 118 cm³/mol. The molecule has 2 aromatic carbocycles. The fourth-order valence-electron chi connectivity index (χ4n) is 3.29. The van der Waals surface area contributed by atoms with Crippen LogP contribution in [0.15, 0.2) is 30.3 Å². The lowest BCUT2D eigenvalue weighted by atomic mass is 10.0. The summed E-state index contributed by atoms with van der Waals surface area (Å²) in [5.74, 6) is 3.29. The standard InChI is InChI=1S/C24H35ClO2/c1-4-22-23-13-12-21(27-18-19(2)3)17-20(23)11-14-24(22)26-16-10-8-6-5-7-9-15-25/h11-14,17,19H,4-10,15-16,18H2,1-3H3. The Morgan fingerprint density at radius 3 is 2.33 bits per heavy atom. The van der Waals surface area contributed by atoms with Crippen molar-refractivity contribution in [2.24, 2.45) is 5.92 Å². The Morgan fingerprint density at radius 1 is 0.889 bits per heavy atom. The molecule has 0 bridgehead atoms. The maximum Gasteiger partial charge on any atom is 0.123 e. The molecule has 0 aliphatic rings. The molecule has 2 aromatic rings. The van der Waals surface area contributed by atoms with E-state index >= 15 is 0 Å². The van der Waals surface area contributed by atoms with Crippen LogP contribution in [-0.2, 0) is 6.42 Å². The van der Waals surface area contributed by atoms with Gasteiger partial charge in [0, 0.05) is 11.4 Å². The summed E-state index contributed by atoms with van der Waals surface area (Å²) in [6.45, 7) is 8.07. The van der Waals surface area contributed by atoms with Crippen molar-refractivity contribution in [1.29, 1.82) is 0 Å². The van der Waals surface area contributed by atoms with E-state index in [2.05, 4.69) is 51.1 Å². The number of alkyl halides is 1. The summed E-state index contributed by atoms with van der Waals surface area (Å²) in [6, 6.07) is 10.7. The number of unbranched alkanes of at least 4 members (excludes halogenated alkanes) is 5. The first kappa shape index (κ1) is 21.9. The normalized spacial score (nSPS) is 11.3. The second kappa shape index (κ2) is 12.1. The van der Waals surface area contributed by atoms with Crippen LogP contribution >= 0.6 is 11.6 Å². The summed E-state index contributed by atoms with van der Waals surface area (Å²) in [4.78, 5) is 0. The van der Waals surface area contributed by atoms with Gasteiger partial charge < -0.3 is 9.47 Å². The minimum Gasteiger partial charge on any atom is -0.493 e. The van der Waals surface area contributed by atoms with Crippen LogP contribution in [0.5, 0.6) is 11.5 Å². The molecule has 27 heavy (non-hydrogen) atoms. The molecular formula is C24H35ClO2. The molecule has 0 unspecified atom stereocenters. The minimum absolute atomic E-state index is 0.531. The first-order valence-electron chi connectivity index (χ1n) is 10.5. The zero-order chi connectivity index (χ0) is 19.5. The first-order valence-corrected chi connectivity index (χ1v) is 11.1. The monoisotopic (exact) mass is 390 g/mol. The van der Waals surface area contributed by atoms with Crippen molar-refractivity contribution >= 4 is 22.4 Å². The van der Waals surface area contributed by atoms with Gasteiger partial charge in [-0.3, -0.25) is 0 Å². The molecule has 0 aliphatic carbocycles. The van der Waals surface area contributed by atoms with Gasteiger partial charge in [0.05, 0.1) is 13.2 Å². The molecule has 0 saturated heterocycles. The van der Waals surface area contributed by atoms with Crippen molar-refractivity contribution in [2.75, 3.05) is 19.1 Å². The van der Waals surface area contributed by atoms with Gasteiger partial charge in [-0.05, 0) is 54.2 Å². The molecule has 3 heteroatoms. The molecule has 0 spiro atoms. The van der Waals surface area contributed by atoms with Crippen LogP contribution in [-0.4, -0.2) is 19.1 Å². The topological polar surface area (TPSA) is 18.5 Å². The Kier molecular flexibility index (Phi) is 9.83. The van der Waals surface area contributed by atoms with Gasteiger partial charge in [0.1, 0.15) is 11.5 Å². The zero-order valence-corrected chi connectivity index (χ0v) is 18.0. The number of halogens is 1. The van der Waals surface area contributed by atoms with Crippen LogP contribution in [0.4, 0.5) is 0 Å². The van der Waals surface area contributed by atoms with Gasteiger partial charge in [0.15, 0.2) is 0 Å². The highest BCUT2D eigenvalue weighted by Crippen LogP contribution is 2.31. The van der Waals surface area contributed by atoms with E-state index < -0.39 is 0 Å². The third-order valence-electron chi connectivity index (χ3n) is 4.78. The van der Waals surface area contributed by atoms with Crippen molar-refractivity contribution in [2.45, 2.75) is 65.7 Å². The highest BCUT2D eigenvalue weighted by molar-refractivity contribution is 6.17. The highest BCUT2D eigenvalue weighted by atomic mass is 35.5. The lowest BCUT2D eigenvalue weighted by Crippen LogP contribution is -2.04. The lowest BCUT2D eigenvalue weighted by molar-refractivity contribution is 0.271. The molecular weight excluding hydrogens is 356 g/mol. The summed E-state index contributed by atoms with van der Waals surface area (Å²) < 4.78 is 12.0. The Balaban J connectivity index is 1.92. The minimum atomic E-state index is 0.531. The number of rotatable bonds is 13. The van der Waals surface area contributed by atoms with Crippen molar-refractivity contribution in [3.05, 3.63) is 35.9 Å². The van der Waals surface area contributed by atoms with Crippen LogP contribution in [0.2, 0.25) is 0 Å². The Morgan fingerprint density at radius 2 is 1.63 bits per heavy atom. The van der Waals surface area contributed by atoms with E-state index in [-0.39, 0.29) is 0 Å². The van der Waals surface area contributed by atoms with Crippen LogP contribution < -0.4 is 9.47 Å². The Hall–Kier alpha value is -1.41. The van der Waals surface area contributed by atoms with Gasteiger partial charge >= 0.3 is 0 Å². The second-order valence-corrected chi connectivity index (χ2v) is 8.02. The van der Waals surface area contributed by atoms with Crippen LogP contribution in [0.1, 0.15) is 64.9 Å². The third-order valence-corrected chi connectivity index (χ3v) is 5.05. The van der Waals surface area contributed by atoms with Gasteiger partial charge in [0.2, 0.25) is 0 Å². The van der Waals surface area contributed by atoms with E-state index in [9.17, 15) is 0 Å². The SMILES string of the molecule is CCc1c(OCCCCCCCCCl)ccc2cc(OCC(C)C)ccc12. The molecule has 2 nitrogen and oxygen atoms in total. The van der Waals surface area contributed by atoms with E-state index in [0.717, 1.165) is 49.9 Å². The molecule has 2 rings (SSSR count). The quantitative estimate of drug-likeness (QED) is 0.262. The number of ether oxygens (including phenoxy) is 2. The van der Waals surface area contributed by atoms with E-state index in [1.165, 1.54) is 42.0 Å². The molecule has 0 aliphatic heterocycles. The fraction of sp³-hybridized carbons (Fsp3) is 0.583. The zero-order valence-electron chi connectivity index (χ0n) is 17.2. The largest absolute Gasteiger partial charge is 0.493 e. The lowest BCUT2D eigenvalue weighted by Gasteiger charge is -2.15.